The van der Waals surface area contributed by atoms with Crippen LogP contribution in [-0.4, -0.2) is 66.0 Å². The van der Waals surface area contributed by atoms with Crippen molar-refractivity contribution in [2.24, 2.45) is 5.92 Å². The third kappa shape index (κ3) is 7.07. The fourth-order valence-corrected chi connectivity index (χ4v) is 3.12. The Morgan fingerprint density at radius 1 is 1.19 bits per heavy atom. The third-order valence-electron chi connectivity index (χ3n) is 4.68. The Morgan fingerprint density at radius 3 is 2.62 bits per heavy atom. The molecule has 7 heteroatoms. The van der Waals surface area contributed by atoms with Gasteiger partial charge in [0.05, 0.1) is 32.4 Å². The highest BCUT2D eigenvalue weighted by atomic mass is 16.2. The zero-order chi connectivity index (χ0) is 18.8. The van der Waals surface area contributed by atoms with Crippen LogP contribution in [-0.2, 0) is 4.79 Å². The van der Waals surface area contributed by atoms with Gasteiger partial charge in [0.2, 0.25) is 5.91 Å². The number of quaternary nitrogens is 1. The molecule has 1 aromatic heterocycles. The molecule has 0 atom stereocenters. The van der Waals surface area contributed by atoms with Gasteiger partial charge in [-0.1, -0.05) is 13.8 Å². The lowest BCUT2D eigenvalue weighted by molar-refractivity contribution is -0.904. The molecular weight excluding hydrogens is 330 g/mol. The molecule has 7 nitrogen and oxygen atoms in total. The minimum absolute atomic E-state index is 0.0130. The Labute approximate surface area is 156 Å². The second kappa shape index (κ2) is 10.9. The molecule has 2 heterocycles. The van der Waals surface area contributed by atoms with Crippen molar-refractivity contribution in [1.29, 1.82) is 0 Å². The fraction of sp³-hybridized carbons (Fsp3) is 0.684. The van der Waals surface area contributed by atoms with Crippen LogP contribution >= 0.6 is 0 Å². The first-order valence-corrected chi connectivity index (χ1v) is 9.72. The molecule has 0 radical (unpaired) electrons. The summed E-state index contributed by atoms with van der Waals surface area (Å²) in [5, 5.41) is 2.91. The summed E-state index contributed by atoms with van der Waals surface area (Å²) in [5.41, 5.74) is 0.337. The van der Waals surface area contributed by atoms with Crippen LogP contribution in [0.25, 0.3) is 0 Å². The zero-order valence-corrected chi connectivity index (χ0v) is 16.0. The van der Waals surface area contributed by atoms with Crippen LogP contribution < -0.4 is 10.2 Å². The van der Waals surface area contributed by atoms with Crippen molar-refractivity contribution in [2.45, 2.75) is 39.5 Å². The SMILES string of the molecule is CC(C)CNC(=O)CCN(CC[NH+]1CCCCC1)C(=O)c1cnccn1. The third-order valence-corrected chi connectivity index (χ3v) is 4.68. The molecule has 144 valence electrons. The van der Waals surface area contributed by atoms with Gasteiger partial charge in [0.15, 0.2) is 0 Å². The van der Waals surface area contributed by atoms with E-state index in [1.807, 2.05) is 0 Å². The molecule has 0 aliphatic carbocycles. The summed E-state index contributed by atoms with van der Waals surface area (Å²) >= 11 is 0. The molecule has 0 spiro atoms. The average molecular weight is 362 g/mol. The molecule has 26 heavy (non-hydrogen) atoms. The maximum Gasteiger partial charge on any atom is 0.274 e. The first-order valence-electron chi connectivity index (χ1n) is 9.72. The Morgan fingerprint density at radius 2 is 1.96 bits per heavy atom. The number of amides is 2. The first-order chi connectivity index (χ1) is 12.6. The van der Waals surface area contributed by atoms with E-state index >= 15 is 0 Å². The van der Waals surface area contributed by atoms with Crippen molar-refractivity contribution in [2.75, 3.05) is 39.3 Å². The quantitative estimate of drug-likeness (QED) is 0.655. The molecule has 0 aromatic carbocycles. The number of carbonyl (C=O) groups excluding carboxylic acids is 2. The van der Waals surface area contributed by atoms with E-state index in [1.54, 1.807) is 11.1 Å². The fourth-order valence-electron chi connectivity index (χ4n) is 3.12. The number of nitrogens with zero attached hydrogens (tertiary/aromatic N) is 3. The number of nitrogens with one attached hydrogen (secondary N) is 2. The van der Waals surface area contributed by atoms with E-state index in [9.17, 15) is 9.59 Å². The molecule has 1 aromatic rings. The minimum atomic E-state index is -0.147. The summed E-state index contributed by atoms with van der Waals surface area (Å²) in [6, 6.07) is 0. The van der Waals surface area contributed by atoms with Crippen molar-refractivity contribution < 1.29 is 14.5 Å². The molecule has 1 saturated heterocycles. The summed E-state index contributed by atoms with van der Waals surface area (Å²) in [4.78, 5) is 36.2. The van der Waals surface area contributed by atoms with Gasteiger partial charge in [0.25, 0.3) is 5.91 Å². The van der Waals surface area contributed by atoms with Gasteiger partial charge in [-0.15, -0.1) is 0 Å². The molecule has 1 aliphatic heterocycles. The minimum Gasteiger partial charge on any atom is -0.356 e. The highest BCUT2D eigenvalue weighted by Crippen LogP contribution is 2.02. The lowest BCUT2D eigenvalue weighted by Crippen LogP contribution is -3.13. The highest BCUT2D eigenvalue weighted by Gasteiger charge is 2.21. The van der Waals surface area contributed by atoms with Crippen LogP contribution in [0.1, 0.15) is 50.0 Å². The van der Waals surface area contributed by atoms with Crippen LogP contribution in [0, 0.1) is 5.92 Å². The van der Waals surface area contributed by atoms with E-state index in [-0.39, 0.29) is 11.8 Å². The van der Waals surface area contributed by atoms with Crippen molar-refractivity contribution >= 4 is 11.8 Å². The van der Waals surface area contributed by atoms with Crippen LogP contribution in [0.15, 0.2) is 18.6 Å². The largest absolute Gasteiger partial charge is 0.356 e. The zero-order valence-electron chi connectivity index (χ0n) is 16.0. The molecule has 2 rings (SSSR count). The lowest BCUT2D eigenvalue weighted by atomic mass is 10.1. The van der Waals surface area contributed by atoms with E-state index < -0.39 is 0 Å². The lowest BCUT2D eigenvalue weighted by Gasteiger charge is -2.27. The Hall–Kier alpha value is -2.02. The maximum atomic E-state index is 12.8. The predicted octanol–water partition coefficient (Wildman–Crippen LogP) is 0.150. The molecule has 2 amide bonds. The molecule has 0 unspecified atom stereocenters. The second-order valence-electron chi connectivity index (χ2n) is 7.39. The number of likely N-dealkylation sites (tertiary alicyclic amines) is 1. The monoisotopic (exact) mass is 362 g/mol. The number of hydrogen-bond donors (Lipinski definition) is 2. The van der Waals surface area contributed by atoms with Gasteiger partial charge in [-0.3, -0.25) is 14.6 Å². The summed E-state index contributed by atoms with van der Waals surface area (Å²) < 4.78 is 0. The predicted molar refractivity (Wildman–Crippen MR) is 99.8 cm³/mol. The van der Waals surface area contributed by atoms with Crippen LogP contribution in [0.2, 0.25) is 0 Å². The van der Waals surface area contributed by atoms with E-state index in [0.29, 0.717) is 37.7 Å². The number of aromatic nitrogens is 2. The van der Waals surface area contributed by atoms with E-state index in [0.717, 1.165) is 6.54 Å². The summed E-state index contributed by atoms with van der Waals surface area (Å²) in [5.74, 6) is 0.256. The molecule has 0 saturated carbocycles. The molecule has 2 N–H and O–H groups in total. The maximum absolute atomic E-state index is 12.8. The Bertz CT molecular complexity index is 558. The summed E-state index contributed by atoms with van der Waals surface area (Å²) in [7, 11) is 0. The molecule has 0 bridgehead atoms. The standard InChI is InChI=1S/C19H31N5O2/c1-16(2)14-22-18(25)6-11-24(13-12-23-9-4-3-5-10-23)19(26)17-15-20-7-8-21-17/h7-8,15-16H,3-6,9-14H2,1-2H3,(H,22,25)/p+1. The molecular formula is C19H32N5O2+. The van der Waals surface area contributed by atoms with Gasteiger partial charge in [0.1, 0.15) is 5.69 Å². The topological polar surface area (TPSA) is 79.6 Å². The van der Waals surface area contributed by atoms with E-state index in [2.05, 4.69) is 29.1 Å². The highest BCUT2D eigenvalue weighted by molar-refractivity contribution is 5.92. The summed E-state index contributed by atoms with van der Waals surface area (Å²) in [6.45, 7) is 9.09. The molecule has 1 fully saturated rings. The number of rotatable bonds is 9. The van der Waals surface area contributed by atoms with Gasteiger partial charge >= 0.3 is 0 Å². The Kier molecular flexibility index (Phi) is 8.47. The summed E-state index contributed by atoms with van der Waals surface area (Å²) in [6.07, 6.45) is 8.70. The smallest absolute Gasteiger partial charge is 0.274 e. The normalized spacial score (nSPS) is 15.0. The second-order valence-corrected chi connectivity index (χ2v) is 7.39. The van der Waals surface area contributed by atoms with Gasteiger partial charge < -0.3 is 15.1 Å². The number of piperidine rings is 1. The van der Waals surface area contributed by atoms with Crippen LogP contribution in [0.4, 0.5) is 0 Å². The van der Waals surface area contributed by atoms with Gasteiger partial charge in [-0.2, -0.15) is 0 Å². The number of hydrogen-bond acceptors (Lipinski definition) is 4. The van der Waals surface area contributed by atoms with Crippen LogP contribution in [0.3, 0.4) is 0 Å². The van der Waals surface area contributed by atoms with Crippen LogP contribution in [0.5, 0.6) is 0 Å². The van der Waals surface area contributed by atoms with E-state index in [1.165, 1.54) is 49.6 Å². The van der Waals surface area contributed by atoms with Crippen molar-refractivity contribution in [3.05, 3.63) is 24.3 Å². The molecule has 1 aliphatic rings. The Balaban J connectivity index is 1.91. The average Bonchev–Trinajstić information content (AvgIpc) is 2.67. The van der Waals surface area contributed by atoms with Crippen molar-refractivity contribution in [3.8, 4) is 0 Å². The van der Waals surface area contributed by atoms with Crippen molar-refractivity contribution in [1.82, 2.24) is 20.2 Å². The number of carbonyl (C=O) groups is 2. The van der Waals surface area contributed by atoms with E-state index in [4.69, 9.17) is 0 Å². The van der Waals surface area contributed by atoms with Crippen molar-refractivity contribution in [3.63, 3.8) is 0 Å². The first kappa shape index (κ1) is 20.3. The van der Waals surface area contributed by atoms with Gasteiger partial charge in [0, 0.05) is 31.9 Å². The van der Waals surface area contributed by atoms with Gasteiger partial charge in [-0.05, 0) is 25.2 Å². The van der Waals surface area contributed by atoms with Gasteiger partial charge in [-0.25, -0.2) is 4.98 Å².